The SMILES string of the molecule is CCOc1ccc(C(=O)NNC(=O)COc2ccc3c(c2)CCC3)cc1OC. The first-order valence-electron chi connectivity index (χ1n) is 9.25. The van der Waals surface area contributed by atoms with Crippen LogP contribution < -0.4 is 25.1 Å². The van der Waals surface area contributed by atoms with Gasteiger partial charge in [-0.15, -0.1) is 0 Å². The highest BCUT2D eigenvalue weighted by atomic mass is 16.5. The second kappa shape index (κ2) is 9.12. The zero-order valence-electron chi connectivity index (χ0n) is 16.0. The summed E-state index contributed by atoms with van der Waals surface area (Å²) < 4.78 is 16.2. The fraction of sp³-hybridized carbons (Fsp3) is 0.333. The highest BCUT2D eigenvalue weighted by molar-refractivity contribution is 5.96. The average molecular weight is 384 g/mol. The maximum atomic E-state index is 12.2. The molecule has 0 radical (unpaired) electrons. The largest absolute Gasteiger partial charge is 0.493 e. The fourth-order valence-corrected chi connectivity index (χ4v) is 3.11. The van der Waals surface area contributed by atoms with E-state index in [0.717, 1.165) is 19.3 Å². The minimum absolute atomic E-state index is 0.189. The van der Waals surface area contributed by atoms with Gasteiger partial charge in [-0.1, -0.05) is 6.07 Å². The Kier molecular flexibility index (Phi) is 6.37. The standard InChI is InChI=1S/C21H24N2O5/c1-3-27-18-10-8-16(12-19(18)26-2)21(25)23-22-20(24)13-28-17-9-7-14-5-4-6-15(14)11-17/h7-12H,3-6,13H2,1-2H3,(H,22,24)(H,23,25). The van der Waals surface area contributed by atoms with Crippen molar-refractivity contribution in [1.82, 2.24) is 10.9 Å². The third-order valence-corrected chi connectivity index (χ3v) is 4.48. The number of carbonyl (C=O) groups excluding carboxylic acids is 2. The molecule has 2 aromatic carbocycles. The molecule has 0 aliphatic heterocycles. The Morgan fingerprint density at radius 3 is 2.57 bits per heavy atom. The number of benzene rings is 2. The van der Waals surface area contributed by atoms with Gasteiger partial charge in [0.2, 0.25) is 0 Å². The summed E-state index contributed by atoms with van der Waals surface area (Å²) in [6, 6.07) is 10.7. The monoisotopic (exact) mass is 384 g/mol. The molecular weight excluding hydrogens is 360 g/mol. The van der Waals surface area contributed by atoms with Crippen molar-refractivity contribution in [2.24, 2.45) is 0 Å². The van der Waals surface area contributed by atoms with Gasteiger partial charge in [0, 0.05) is 5.56 Å². The van der Waals surface area contributed by atoms with E-state index in [9.17, 15) is 9.59 Å². The molecule has 2 N–H and O–H groups in total. The molecule has 0 atom stereocenters. The number of hydrazine groups is 1. The van der Waals surface area contributed by atoms with Crippen LogP contribution in [-0.2, 0) is 17.6 Å². The maximum absolute atomic E-state index is 12.2. The Hall–Kier alpha value is -3.22. The van der Waals surface area contributed by atoms with Crippen LogP contribution in [0.2, 0.25) is 0 Å². The summed E-state index contributed by atoms with van der Waals surface area (Å²) in [6.45, 7) is 2.16. The first-order chi connectivity index (χ1) is 13.6. The lowest BCUT2D eigenvalue weighted by Gasteiger charge is -2.12. The number of hydrogen-bond acceptors (Lipinski definition) is 5. The van der Waals surface area contributed by atoms with Gasteiger partial charge in [-0.2, -0.15) is 0 Å². The summed E-state index contributed by atoms with van der Waals surface area (Å²) in [4.78, 5) is 24.2. The molecule has 7 heteroatoms. The van der Waals surface area contributed by atoms with Crippen molar-refractivity contribution in [3.63, 3.8) is 0 Å². The van der Waals surface area contributed by atoms with E-state index in [1.807, 2.05) is 25.1 Å². The first kappa shape index (κ1) is 19.5. The van der Waals surface area contributed by atoms with Gasteiger partial charge in [0.1, 0.15) is 5.75 Å². The number of carbonyl (C=O) groups is 2. The molecule has 0 spiro atoms. The molecule has 3 rings (SSSR count). The summed E-state index contributed by atoms with van der Waals surface area (Å²) >= 11 is 0. The molecule has 2 amide bonds. The number of methoxy groups -OCH3 is 1. The summed E-state index contributed by atoms with van der Waals surface area (Å²) in [5.74, 6) is 0.728. The van der Waals surface area contributed by atoms with E-state index in [-0.39, 0.29) is 6.61 Å². The topological polar surface area (TPSA) is 85.9 Å². The maximum Gasteiger partial charge on any atom is 0.276 e. The van der Waals surface area contributed by atoms with Crippen molar-refractivity contribution in [3.05, 3.63) is 53.1 Å². The summed E-state index contributed by atoms with van der Waals surface area (Å²) in [7, 11) is 1.50. The van der Waals surface area contributed by atoms with E-state index in [0.29, 0.717) is 29.4 Å². The first-order valence-corrected chi connectivity index (χ1v) is 9.25. The highest BCUT2D eigenvalue weighted by Gasteiger charge is 2.14. The molecule has 0 aromatic heterocycles. The van der Waals surface area contributed by atoms with Crippen LogP contribution in [0.4, 0.5) is 0 Å². The second-order valence-electron chi connectivity index (χ2n) is 6.37. The van der Waals surface area contributed by atoms with Gasteiger partial charge in [-0.25, -0.2) is 0 Å². The van der Waals surface area contributed by atoms with Crippen LogP contribution in [0.1, 0.15) is 34.8 Å². The Bertz CT molecular complexity index is 866. The number of fused-ring (bicyclic) bond motifs is 1. The van der Waals surface area contributed by atoms with Crippen LogP contribution in [0.15, 0.2) is 36.4 Å². The number of rotatable bonds is 7. The van der Waals surface area contributed by atoms with Crippen LogP contribution in [0.3, 0.4) is 0 Å². The van der Waals surface area contributed by atoms with Gasteiger partial charge in [0.05, 0.1) is 13.7 Å². The lowest BCUT2D eigenvalue weighted by molar-refractivity contribution is -0.123. The predicted molar refractivity (Wildman–Crippen MR) is 104 cm³/mol. The molecule has 7 nitrogen and oxygen atoms in total. The van der Waals surface area contributed by atoms with Gasteiger partial charge in [-0.05, 0) is 67.6 Å². The molecule has 148 valence electrons. The minimum Gasteiger partial charge on any atom is -0.493 e. The zero-order valence-corrected chi connectivity index (χ0v) is 16.0. The van der Waals surface area contributed by atoms with Crippen molar-refractivity contribution < 1.29 is 23.8 Å². The third kappa shape index (κ3) is 4.73. The highest BCUT2D eigenvalue weighted by Crippen LogP contribution is 2.28. The molecule has 0 heterocycles. The van der Waals surface area contributed by atoms with Crippen LogP contribution in [-0.4, -0.2) is 32.1 Å². The smallest absolute Gasteiger partial charge is 0.276 e. The zero-order chi connectivity index (χ0) is 19.9. The lowest BCUT2D eigenvalue weighted by Crippen LogP contribution is -2.43. The number of hydrogen-bond donors (Lipinski definition) is 2. The van der Waals surface area contributed by atoms with Crippen LogP contribution in [0, 0.1) is 0 Å². The second-order valence-corrected chi connectivity index (χ2v) is 6.37. The average Bonchev–Trinajstić information content (AvgIpc) is 3.18. The molecule has 2 aromatic rings. The van der Waals surface area contributed by atoms with E-state index in [2.05, 4.69) is 10.9 Å². The van der Waals surface area contributed by atoms with E-state index >= 15 is 0 Å². The molecule has 0 unspecified atom stereocenters. The summed E-state index contributed by atoms with van der Waals surface area (Å²) in [5.41, 5.74) is 7.66. The van der Waals surface area contributed by atoms with Crippen LogP contribution in [0.25, 0.3) is 0 Å². The molecule has 0 saturated carbocycles. The Labute approximate surface area is 164 Å². The molecule has 0 fully saturated rings. The van der Waals surface area contributed by atoms with Crippen molar-refractivity contribution in [2.45, 2.75) is 26.2 Å². The summed E-state index contributed by atoms with van der Waals surface area (Å²) in [5, 5.41) is 0. The summed E-state index contributed by atoms with van der Waals surface area (Å²) in [6.07, 6.45) is 3.29. The third-order valence-electron chi connectivity index (χ3n) is 4.48. The van der Waals surface area contributed by atoms with E-state index in [4.69, 9.17) is 14.2 Å². The molecule has 1 aliphatic rings. The number of nitrogens with one attached hydrogen (secondary N) is 2. The fourth-order valence-electron chi connectivity index (χ4n) is 3.11. The number of aryl methyl sites for hydroxylation is 2. The Balaban J connectivity index is 1.49. The molecule has 0 saturated heterocycles. The van der Waals surface area contributed by atoms with Crippen molar-refractivity contribution >= 4 is 11.8 Å². The Morgan fingerprint density at radius 2 is 1.79 bits per heavy atom. The molecule has 0 bridgehead atoms. The van der Waals surface area contributed by atoms with Crippen LogP contribution >= 0.6 is 0 Å². The van der Waals surface area contributed by atoms with Crippen LogP contribution in [0.5, 0.6) is 17.2 Å². The number of ether oxygens (including phenoxy) is 3. The molecular formula is C21H24N2O5. The van der Waals surface area contributed by atoms with Crippen molar-refractivity contribution in [3.8, 4) is 17.2 Å². The molecule has 28 heavy (non-hydrogen) atoms. The van der Waals surface area contributed by atoms with E-state index < -0.39 is 11.8 Å². The van der Waals surface area contributed by atoms with E-state index in [1.165, 1.54) is 18.2 Å². The van der Waals surface area contributed by atoms with Gasteiger partial charge < -0.3 is 14.2 Å². The van der Waals surface area contributed by atoms with Gasteiger partial charge in [0.15, 0.2) is 18.1 Å². The van der Waals surface area contributed by atoms with Gasteiger partial charge >= 0.3 is 0 Å². The molecule has 1 aliphatic carbocycles. The normalized spacial score (nSPS) is 12.1. The number of amides is 2. The quantitative estimate of drug-likeness (QED) is 0.716. The van der Waals surface area contributed by atoms with E-state index in [1.54, 1.807) is 18.2 Å². The predicted octanol–water partition coefficient (Wildman–Crippen LogP) is 2.42. The lowest BCUT2D eigenvalue weighted by atomic mass is 10.1. The van der Waals surface area contributed by atoms with Crippen molar-refractivity contribution in [2.75, 3.05) is 20.3 Å². The minimum atomic E-state index is -0.466. The Morgan fingerprint density at radius 1 is 0.964 bits per heavy atom. The van der Waals surface area contributed by atoms with Crippen molar-refractivity contribution in [1.29, 1.82) is 0 Å². The van der Waals surface area contributed by atoms with Gasteiger partial charge in [0.25, 0.3) is 11.8 Å². The van der Waals surface area contributed by atoms with Gasteiger partial charge in [-0.3, -0.25) is 20.4 Å².